The van der Waals surface area contributed by atoms with E-state index in [1.54, 1.807) is 0 Å². The summed E-state index contributed by atoms with van der Waals surface area (Å²) in [6.45, 7) is 9.90. The standard InChI is InChI=1S/C23H32ClNO4.C2H6/c1-23(2,3)29-21(27)12-13-25-22(28)18-6-4-16(5-7-18)14-19(15-26)17-8-10-20(24)11-9-17;1-2/h4-8,10,19,22,25-26,28H,9,11-15H2,1-3H3;1-2H3. The van der Waals surface area contributed by atoms with Gasteiger partial charge in [-0.25, -0.2) is 0 Å². The quantitative estimate of drug-likeness (QED) is 0.363. The van der Waals surface area contributed by atoms with E-state index in [1.165, 1.54) is 5.57 Å². The molecule has 2 rings (SSSR count). The Morgan fingerprint density at radius 2 is 1.81 bits per heavy atom. The molecule has 0 fully saturated rings. The van der Waals surface area contributed by atoms with E-state index in [2.05, 4.69) is 5.32 Å². The molecule has 2 unspecified atom stereocenters. The van der Waals surface area contributed by atoms with Crippen molar-refractivity contribution in [2.24, 2.45) is 5.92 Å². The fourth-order valence-corrected chi connectivity index (χ4v) is 3.38. The molecule has 0 aliphatic heterocycles. The molecular formula is C25H38ClNO4. The largest absolute Gasteiger partial charge is 0.460 e. The minimum absolute atomic E-state index is 0.0683. The van der Waals surface area contributed by atoms with E-state index in [4.69, 9.17) is 16.3 Å². The number of benzene rings is 1. The Labute approximate surface area is 192 Å². The number of halogens is 1. The molecule has 0 saturated heterocycles. The van der Waals surface area contributed by atoms with Crippen molar-refractivity contribution in [3.05, 3.63) is 58.1 Å². The van der Waals surface area contributed by atoms with Crippen molar-refractivity contribution in [2.75, 3.05) is 13.2 Å². The van der Waals surface area contributed by atoms with Crippen molar-refractivity contribution in [3.63, 3.8) is 0 Å². The zero-order valence-corrected chi connectivity index (χ0v) is 20.2. The SMILES string of the molecule is CC.CC(C)(C)OC(=O)CCNC(O)c1ccc(CC(CO)C2=CC=C(Cl)CC2)cc1. The van der Waals surface area contributed by atoms with Crippen LogP contribution in [0.25, 0.3) is 0 Å². The molecule has 0 amide bonds. The van der Waals surface area contributed by atoms with Crippen LogP contribution >= 0.6 is 11.6 Å². The maximum absolute atomic E-state index is 11.7. The number of ether oxygens (including phenoxy) is 1. The smallest absolute Gasteiger partial charge is 0.307 e. The van der Waals surface area contributed by atoms with Crippen LogP contribution in [-0.2, 0) is 16.0 Å². The van der Waals surface area contributed by atoms with Crippen LogP contribution in [0.4, 0.5) is 0 Å². The number of nitrogens with one attached hydrogen (secondary N) is 1. The van der Waals surface area contributed by atoms with Gasteiger partial charge in [-0.15, -0.1) is 0 Å². The van der Waals surface area contributed by atoms with Crippen LogP contribution in [0.5, 0.6) is 0 Å². The van der Waals surface area contributed by atoms with Crippen LogP contribution in [-0.4, -0.2) is 34.9 Å². The average Bonchev–Trinajstić information content (AvgIpc) is 2.73. The molecule has 174 valence electrons. The second-order valence-corrected chi connectivity index (χ2v) is 8.86. The van der Waals surface area contributed by atoms with E-state index in [1.807, 2.05) is 71.0 Å². The van der Waals surface area contributed by atoms with Gasteiger partial charge in [0.2, 0.25) is 0 Å². The van der Waals surface area contributed by atoms with Crippen LogP contribution in [0.2, 0.25) is 0 Å². The van der Waals surface area contributed by atoms with Crippen LogP contribution < -0.4 is 5.32 Å². The zero-order chi connectivity index (χ0) is 23.4. The summed E-state index contributed by atoms with van der Waals surface area (Å²) in [4.78, 5) is 11.7. The number of carbonyl (C=O) groups is 1. The highest BCUT2D eigenvalue weighted by Crippen LogP contribution is 2.28. The lowest BCUT2D eigenvalue weighted by Gasteiger charge is -2.21. The van der Waals surface area contributed by atoms with Crippen molar-refractivity contribution >= 4 is 17.6 Å². The average molecular weight is 452 g/mol. The van der Waals surface area contributed by atoms with Crippen molar-refractivity contribution in [1.82, 2.24) is 5.32 Å². The molecular weight excluding hydrogens is 414 g/mol. The Balaban J connectivity index is 0.00000233. The summed E-state index contributed by atoms with van der Waals surface area (Å²) in [6.07, 6.45) is 5.69. The third-order valence-electron chi connectivity index (χ3n) is 4.74. The maximum atomic E-state index is 11.7. The first kappa shape index (κ1) is 27.4. The van der Waals surface area contributed by atoms with E-state index < -0.39 is 11.8 Å². The fraction of sp³-hybridized carbons (Fsp3) is 0.560. The molecule has 0 aromatic heterocycles. The molecule has 3 N–H and O–H groups in total. The molecule has 6 heteroatoms. The van der Waals surface area contributed by atoms with Crippen LogP contribution in [0.1, 0.15) is 71.2 Å². The van der Waals surface area contributed by atoms with Gasteiger partial charge in [-0.1, -0.05) is 61.4 Å². The van der Waals surface area contributed by atoms with Gasteiger partial charge in [0, 0.05) is 24.1 Å². The first-order valence-electron chi connectivity index (χ1n) is 11.1. The van der Waals surface area contributed by atoms with Crippen LogP contribution in [0.15, 0.2) is 47.0 Å². The summed E-state index contributed by atoms with van der Waals surface area (Å²) in [5.74, 6) is -0.227. The predicted octanol–water partition coefficient (Wildman–Crippen LogP) is 5.02. The van der Waals surface area contributed by atoms with E-state index in [0.717, 1.165) is 35.4 Å². The molecule has 0 spiro atoms. The number of esters is 1. The summed E-state index contributed by atoms with van der Waals surface area (Å²) in [6, 6.07) is 7.65. The number of allylic oxidation sites excluding steroid dienone is 3. The molecule has 1 aromatic carbocycles. The van der Waals surface area contributed by atoms with Crippen molar-refractivity contribution in [1.29, 1.82) is 0 Å². The Bertz CT molecular complexity index is 735. The minimum Gasteiger partial charge on any atom is -0.460 e. The van der Waals surface area contributed by atoms with Gasteiger partial charge in [-0.3, -0.25) is 10.1 Å². The lowest BCUT2D eigenvalue weighted by Crippen LogP contribution is -2.28. The highest BCUT2D eigenvalue weighted by atomic mass is 35.5. The van der Waals surface area contributed by atoms with Gasteiger partial charge in [0.1, 0.15) is 11.8 Å². The molecule has 5 nitrogen and oxygen atoms in total. The second-order valence-electron chi connectivity index (χ2n) is 8.37. The molecule has 0 bridgehead atoms. The van der Waals surface area contributed by atoms with E-state index in [-0.39, 0.29) is 24.9 Å². The highest BCUT2D eigenvalue weighted by molar-refractivity contribution is 6.29. The maximum Gasteiger partial charge on any atom is 0.307 e. The zero-order valence-electron chi connectivity index (χ0n) is 19.5. The molecule has 1 aliphatic carbocycles. The number of hydrogen-bond donors (Lipinski definition) is 3. The molecule has 1 aliphatic rings. The number of rotatable bonds is 9. The molecule has 1 aromatic rings. The van der Waals surface area contributed by atoms with Crippen LogP contribution in [0, 0.1) is 5.92 Å². The number of aliphatic hydroxyl groups is 2. The minimum atomic E-state index is -0.853. The summed E-state index contributed by atoms with van der Waals surface area (Å²) in [5, 5.41) is 23.8. The van der Waals surface area contributed by atoms with E-state index >= 15 is 0 Å². The highest BCUT2D eigenvalue weighted by Gasteiger charge is 2.18. The monoisotopic (exact) mass is 451 g/mol. The van der Waals surface area contributed by atoms with Crippen molar-refractivity contribution < 1.29 is 19.7 Å². The Morgan fingerprint density at radius 3 is 2.32 bits per heavy atom. The molecule has 2 atom stereocenters. The summed E-state index contributed by atoms with van der Waals surface area (Å²) in [5.41, 5.74) is 2.53. The van der Waals surface area contributed by atoms with Gasteiger partial charge >= 0.3 is 5.97 Å². The third-order valence-corrected chi connectivity index (χ3v) is 5.05. The topological polar surface area (TPSA) is 78.8 Å². The van der Waals surface area contributed by atoms with E-state index in [0.29, 0.717) is 6.54 Å². The van der Waals surface area contributed by atoms with Gasteiger partial charge < -0.3 is 14.9 Å². The number of aliphatic hydroxyl groups excluding tert-OH is 2. The molecule has 0 saturated carbocycles. The molecule has 31 heavy (non-hydrogen) atoms. The van der Waals surface area contributed by atoms with Gasteiger partial charge in [0.05, 0.1) is 6.42 Å². The molecule has 0 heterocycles. The summed E-state index contributed by atoms with van der Waals surface area (Å²) in [7, 11) is 0. The predicted molar refractivity (Wildman–Crippen MR) is 127 cm³/mol. The Morgan fingerprint density at radius 1 is 1.16 bits per heavy atom. The Hall–Kier alpha value is -1.66. The Kier molecular flexibility index (Phi) is 12.1. The van der Waals surface area contributed by atoms with Crippen molar-refractivity contribution in [3.8, 4) is 0 Å². The summed E-state index contributed by atoms with van der Waals surface area (Å²) >= 11 is 6.02. The van der Waals surface area contributed by atoms with Crippen molar-refractivity contribution in [2.45, 2.75) is 72.1 Å². The van der Waals surface area contributed by atoms with E-state index in [9.17, 15) is 15.0 Å². The lowest BCUT2D eigenvalue weighted by molar-refractivity contribution is -0.154. The lowest BCUT2D eigenvalue weighted by atomic mass is 9.87. The number of carbonyl (C=O) groups excluding carboxylic acids is 1. The van der Waals surface area contributed by atoms with Gasteiger partial charge in [-0.2, -0.15) is 0 Å². The van der Waals surface area contributed by atoms with Gasteiger partial charge in [0.25, 0.3) is 0 Å². The van der Waals surface area contributed by atoms with Crippen LogP contribution in [0.3, 0.4) is 0 Å². The third kappa shape index (κ3) is 10.5. The normalized spacial score (nSPS) is 15.7. The first-order valence-corrected chi connectivity index (χ1v) is 11.4. The second kappa shape index (κ2) is 13.7. The van der Waals surface area contributed by atoms with Gasteiger partial charge in [-0.05, 0) is 57.2 Å². The first-order chi connectivity index (χ1) is 14.7. The summed E-state index contributed by atoms with van der Waals surface area (Å²) < 4.78 is 5.25. The molecule has 0 radical (unpaired) electrons. The van der Waals surface area contributed by atoms with Gasteiger partial charge in [0.15, 0.2) is 0 Å². The fourth-order valence-electron chi connectivity index (χ4n) is 3.22. The number of hydrogen-bond acceptors (Lipinski definition) is 5.